The molecule has 5 heteroatoms. The number of hydrogen-bond acceptors (Lipinski definition) is 1. The third-order valence-electron chi connectivity index (χ3n) is 0. The van der Waals surface area contributed by atoms with Gasteiger partial charge in [0.05, 0.1) is 0 Å². The average molecular weight is 190 g/mol. The highest BCUT2D eigenvalue weighted by Crippen LogP contribution is 1.99. The molecule has 0 atom stereocenters. The van der Waals surface area contributed by atoms with Gasteiger partial charge in [0.2, 0.25) is 0 Å². The van der Waals surface area contributed by atoms with Crippen LogP contribution in [0.1, 0.15) is 20.8 Å². The van der Waals surface area contributed by atoms with Gasteiger partial charge in [-0.25, -0.2) is 0 Å². The predicted molar refractivity (Wildman–Crippen MR) is 51.0 cm³/mol. The first-order valence-electron chi connectivity index (χ1n) is 2.38. The molecular weight excluding hydrogens is 175 g/mol. The summed E-state index contributed by atoms with van der Waals surface area (Å²) in [5, 5.41) is 0. The molecule has 0 bridgehead atoms. The van der Waals surface area contributed by atoms with Crippen LogP contribution in [0.2, 0.25) is 0 Å². The fourth-order valence-corrected chi connectivity index (χ4v) is 0. The summed E-state index contributed by atoms with van der Waals surface area (Å²) >= 11 is 3.83. The van der Waals surface area contributed by atoms with Crippen LogP contribution in [0.25, 0.3) is 0 Å². The molecule has 0 amide bonds. The molecule has 0 saturated carbocycles. The Balaban J connectivity index is -0.0000000720. The Bertz CT molecular complexity index is 60.8. The normalized spacial score (nSPS) is 7.89. The van der Waals surface area contributed by atoms with Crippen LogP contribution < -0.4 is 0 Å². The summed E-state index contributed by atoms with van der Waals surface area (Å²) in [6.07, 6.45) is 0. The van der Waals surface area contributed by atoms with Crippen LogP contribution in [0, 0.1) is 5.92 Å². The minimum absolute atomic E-state index is 0. The van der Waals surface area contributed by atoms with E-state index in [2.05, 4.69) is 32.6 Å². The van der Waals surface area contributed by atoms with Crippen LogP contribution in [0.4, 0.5) is 0 Å². The van der Waals surface area contributed by atoms with Gasteiger partial charge in [-0.1, -0.05) is 20.8 Å². The van der Waals surface area contributed by atoms with E-state index in [0.29, 0.717) is 0 Å². The summed E-state index contributed by atoms with van der Waals surface area (Å²) in [4.78, 5) is 15.1. The fourth-order valence-electron chi connectivity index (χ4n) is 0. The van der Waals surface area contributed by atoms with Gasteiger partial charge in [0.25, 0.3) is 0 Å². The molecule has 2 N–H and O–H groups in total. The summed E-state index contributed by atoms with van der Waals surface area (Å²) < 4.78 is 0. The summed E-state index contributed by atoms with van der Waals surface area (Å²) in [5.41, 5.74) is 0. The lowest BCUT2D eigenvalue weighted by Gasteiger charge is -1.79. The van der Waals surface area contributed by atoms with Crippen LogP contribution in [-0.4, -0.2) is 9.79 Å². The third-order valence-corrected chi connectivity index (χ3v) is 0. The van der Waals surface area contributed by atoms with E-state index in [-0.39, 0.29) is 13.5 Å². The highest BCUT2D eigenvalue weighted by atomic mass is 32.4. The highest BCUT2D eigenvalue weighted by molar-refractivity contribution is 7.99. The number of hydrogen-bond donors (Lipinski definition) is 2. The quantitative estimate of drug-likeness (QED) is 0.565. The second-order valence-corrected chi connectivity index (χ2v) is 3.68. The lowest BCUT2D eigenvalue weighted by atomic mass is 10.3. The molecule has 0 fully saturated rings. The minimum Gasteiger partial charge on any atom is -0.347 e. The predicted octanol–water partition coefficient (Wildman–Crippen LogP) is 1.25. The van der Waals surface area contributed by atoms with Gasteiger partial charge in [-0.3, -0.25) is 0 Å². The zero-order valence-corrected chi connectivity index (χ0v) is 8.70. The van der Waals surface area contributed by atoms with Crippen LogP contribution in [-0.2, 0) is 11.8 Å². The van der Waals surface area contributed by atoms with E-state index >= 15 is 0 Å². The van der Waals surface area contributed by atoms with Gasteiger partial charge in [0.15, 0.2) is 7.15 Å². The van der Waals surface area contributed by atoms with E-state index in [4.69, 9.17) is 9.79 Å². The van der Waals surface area contributed by atoms with Crippen LogP contribution in [0.15, 0.2) is 0 Å². The molecule has 2 nitrogen and oxygen atoms in total. The topological polar surface area (TPSA) is 40.5 Å². The second kappa shape index (κ2) is 11.7. The van der Waals surface area contributed by atoms with Gasteiger partial charge >= 0.3 is 0 Å². The first-order chi connectivity index (χ1) is 3.46. The Morgan fingerprint density at radius 1 is 1.22 bits per heavy atom. The molecule has 0 aromatic heterocycles. The van der Waals surface area contributed by atoms with Crippen molar-refractivity contribution >= 4 is 32.5 Å². The average Bonchev–Trinajstić information content (AvgIpc) is 1.25. The van der Waals surface area contributed by atoms with Crippen LogP contribution >= 0.6 is 20.6 Å². The largest absolute Gasteiger partial charge is 0.347 e. The van der Waals surface area contributed by atoms with Gasteiger partial charge in [-0.15, -0.1) is 0 Å². The Kier molecular flexibility index (Phi) is 21.4. The molecule has 0 aromatic rings. The maximum atomic E-state index is 7.53. The maximum absolute atomic E-state index is 7.53. The summed E-state index contributed by atoms with van der Waals surface area (Å²) in [5.74, 6) is 0.833. The molecule has 9 heavy (non-hydrogen) atoms. The monoisotopic (exact) mass is 190 g/mol. The molecule has 60 valence electrons. The van der Waals surface area contributed by atoms with Gasteiger partial charge in [-0.2, -0.15) is 13.5 Å². The molecule has 0 aliphatic heterocycles. The van der Waals surface area contributed by atoms with Crippen molar-refractivity contribution in [3.05, 3.63) is 0 Å². The van der Waals surface area contributed by atoms with E-state index in [9.17, 15) is 0 Å². The molecule has 0 heterocycles. The lowest BCUT2D eigenvalue weighted by Crippen LogP contribution is -1.66. The molecule has 0 aliphatic rings. The van der Waals surface area contributed by atoms with Crippen LogP contribution in [0.5, 0.6) is 0 Å². The Morgan fingerprint density at radius 2 is 1.22 bits per heavy atom. The van der Waals surface area contributed by atoms with Gasteiger partial charge < -0.3 is 9.79 Å². The Labute approximate surface area is 69.3 Å². The van der Waals surface area contributed by atoms with Crippen molar-refractivity contribution in [1.82, 2.24) is 0 Å². The molecule has 0 unspecified atom stereocenters. The minimum atomic E-state index is -2.30. The standard InChI is InChI=1S/C4H10.H3O2PS.H2S/c1-4(2)3;1-3(2)4;/h4H,1-3H3;3H,(H2,1,2,4);1H2. The molecule has 0 saturated heterocycles. The molecule has 0 radical (unpaired) electrons. The molecular formula is C4H15O2PS2. The third kappa shape index (κ3) is 505. The summed E-state index contributed by atoms with van der Waals surface area (Å²) in [6.45, 7) is 6.50. The maximum Gasteiger partial charge on any atom is 0.170 e. The number of rotatable bonds is 0. The van der Waals surface area contributed by atoms with Gasteiger partial charge in [-0.05, 0) is 17.7 Å². The van der Waals surface area contributed by atoms with E-state index in [1.165, 1.54) is 0 Å². The molecule has 0 aliphatic carbocycles. The smallest absolute Gasteiger partial charge is 0.170 e. The van der Waals surface area contributed by atoms with Crippen molar-refractivity contribution in [3.8, 4) is 0 Å². The van der Waals surface area contributed by atoms with Crippen molar-refractivity contribution in [2.24, 2.45) is 5.92 Å². The molecule has 0 aromatic carbocycles. The van der Waals surface area contributed by atoms with E-state index in [1.807, 2.05) is 0 Å². The van der Waals surface area contributed by atoms with Gasteiger partial charge in [0, 0.05) is 0 Å². The first-order valence-corrected chi connectivity index (χ1v) is 4.91. The lowest BCUT2D eigenvalue weighted by molar-refractivity contribution is 0.509. The van der Waals surface area contributed by atoms with Crippen LogP contribution in [0.3, 0.4) is 0 Å². The van der Waals surface area contributed by atoms with Crippen molar-refractivity contribution in [2.45, 2.75) is 20.8 Å². The second-order valence-electron chi connectivity index (χ2n) is 2.01. The van der Waals surface area contributed by atoms with E-state index in [0.717, 1.165) is 5.92 Å². The first kappa shape index (κ1) is 16.5. The van der Waals surface area contributed by atoms with Crippen molar-refractivity contribution < 1.29 is 9.79 Å². The van der Waals surface area contributed by atoms with E-state index in [1.54, 1.807) is 0 Å². The zero-order chi connectivity index (χ0) is 7.15. The zero-order valence-electron chi connectivity index (χ0n) is 5.88. The summed E-state index contributed by atoms with van der Waals surface area (Å²) in [6, 6.07) is 0. The highest BCUT2D eigenvalue weighted by Gasteiger charge is 1.68. The van der Waals surface area contributed by atoms with Crippen molar-refractivity contribution in [2.75, 3.05) is 0 Å². The van der Waals surface area contributed by atoms with E-state index < -0.39 is 7.15 Å². The molecule has 0 spiro atoms. The fraction of sp³-hybridized carbons (Fsp3) is 1.00. The van der Waals surface area contributed by atoms with Gasteiger partial charge in [0.1, 0.15) is 0 Å². The SMILES string of the molecule is CC(C)C.O[PH](O)=S.S. The van der Waals surface area contributed by atoms with Crippen molar-refractivity contribution in [1.29, 1.82) is 0 Å². The molecule has 0 rings (SSSR count). The summed E-state index contributed by atoms with van der Waals surface area (Å²) in [7, 11) is -2.30. The van der Waals surface area contributed by atoms with Crippen molar-refractivity contribution in [3.63, 3.8) is 0 Å². The Morgan fingerprint density at radius 3 is 1.22 bits per heavy atom. The Hall–Kier alpha value is 0.920.